The molecule has 13 heteroatoms. The minimum atomic E-state index is -0.875. The number of hydrogen-bond donors (Lipinski definition) is 1. The SMILES string of the molecule is COc1ccc(CN2CCN(c3ccc(-c4cc(-c5cnn(C6CCN(C(=O)O)CC6)c5)cn5ncc(C#N)c45)cn3)CC2)cn1. The summed E-state index contributed by atoms with van der Waals surface area (Å²) in [6, 6.07) is 12.5. The van der Waals surface area contributed by atoms with Crippen LogP contribution in [0.4, 0.5) is 10.6 Å². The fourth-order valence-corrected chi connectivity index (χ4v) is 6.34. The molecule has 0 atom stereocenters. The third-order valence-corrected chi connectivity index (χ3v) is 8.94. The molecule has 7 heterocycles. The maximum atomic E-state index is 11.3. The summed E-state index contributed by atoms with van der Waals surface area (Å²) in [4.78, 5) is 26.6. The zero-order valence-electron chi connectivity index (χ0n) is 25.5. The lowest BCUT2D eigenvalue weighted by Crippen LogP contribution is -2.46. The van der Waals surface area contributed by atoms with Crippen molar-refractivity contribution in [3.8, 4) is 34.2 Å². The van der Waals surface area contributed by atoms with Crippen molar-refractivity contribution in [2.75, 3.05) is 51.3 Å². The van der Waals surface area contributed by atoms with E-state index in [4.69, 9.17) is 9.72 Å². The van der Waals surface area contributed by atoms with Crippen LogP contribution in [0.3, 0.4) is 0 Å². The molecule has 0 bridgehead atoms. The number of fused-ring (bicyclic) bond motifs is 1. The number of ether oxygens (including phenoxy) is 1. The number of amides is 1. The molecule has 1 N–H and O–H groups in total. The van der Waals surface area contributed by atoms with Crippen LogP contribution in [0.25, 0.3) is 27.8 Å². The van der Waals surface area contributed by atoms with Crippen molar-refractivity contribution in [1.82, 2.24) is 39.2 Å². The zero-order chi connectivity index (χ0) is 31.6. The van der Waals surface area contributed by atoms with Crippen LogP contribution in [0.2, 0.25) is 0 Å². The first-order valence-corrected chi connectivity index (χ1v) is 15.4. The summed E-state index contributed by atoms with van der Waals surface area (Å²) < 4.78 is 8.85. The van der Waals surface area contributed by atoms with E-state index in [0.717, 1.165) is 84.7 Å². The van der Waals surface area contributed by atoms with Gasteiger partial charge in [-0.05, 0) is 36.6 Å². The second kappa shape index (κ2) is 12.5. The Hall–Kier alpha value is -5.48. The summed E-state index contributed by atoms with van der Waals surface area (Å²) in [6.45, 7) is 5.42. The van der Waals surface area contributed by atoms with Gasteiger partial charge in [0.2, 0.25) is 5.88 Å². The van der Waals surface area contributed by atoms with Gasteiger partial charge in [0, 0.05) is 98.9 Å². The van der Waals surface area contributed by atoms with E-state index in [9.17, 15) is 15.2 Å². The van der Waals surface area contributed by atoms with Crippen LogP contribution in [-0.2, 0) is 6.54 Å². The van der Waals surface area contributed by atoms with Gasteiger partial charge < -0.3 is 19.6 Å². The molecule has 2 aliphatic heterocycles. The second-order valence-corrected chi connectivity index (χ2v) is 11.7. The zero-order valence-corrected chi connectivity index (χ0v) is 25.5. The Morgan fingerprint density at radius 2 is 1.76 bits per heavy atom. The number of carbonyl (C=O) groups is 1. The highest BCUT2D eigenvalue weighted by atomic mass is 16.5. The lowest BCUT2D eigenvalue weighted by Gasteiger charge is -2.35. The Morgan fingerprint density at radius 3 is 2.43 bits per heavy atom. The lowest BCUT2D eigenvalue weighted by atomic mass is 10.0. The Morgan fingerprint density at radius 1 is 0.935 bits per heavy atom. The summed E-state index contributed by atoms with van der Waals surface area (Å²) in [6.07, 6.45) is 11.6. The third-order valence-electron chi connectivity index (χ3n) is 8.94. The van der Waals surface area contributed by atoms with Gasteiger partial charge in [0.05, 0.1) is 36.6 Å². The van der Waals surface area contributed by atoms with E-state index in [1.54, 1.807) is 17.8 Å². The molecule has 0 aromatic carbocycles. The van der Waals surface area contributed by atoms with Gasteiger partial charge in [0.15, 0.2) is 0 Å². The van der Waals surface area contributed by atoms with E-state index in [2.05, 4.69) is 49.2 Å². The van der Waals surface area contributed by atoms with Crippen LogP contribution in [0.1, 0.15) is 30.0 Å². The van der Waals surface area contributed by atoms with Gasteiger partial charge in [-0.15, -0.1) is 0 Å². The van der Waals surface area contributed by atoms with Crippen LogP contribution < -0.4 is 9.64 Å². The number of aromatic nitrogens is 6. The minimum Gasteiger partial charge on any atom is -0.481 e. The van der Waals surface area contributed by atoms with Crippen molar-refractivity contribution < 1.29 is 14.6 Å². The number of piperidine rings is 1. The molecule has 0 aliphatic carbocycles. The Labute approximate surface area is 265 Å². The summed E-state index contributed by atoms with van der Waals surface area (Å²) in [5, 5.41) is 28.2. The van der Waals surface area contributed by atoms with Gasteiger partial charge in [0.1, 0.15) is 11.9 Å². The molecule has 7 rings (SSSR count). The molecule has 0 unspecified atom stereocenters. The van der Waals surface area contributed by atoms with Crippen LogP contribution in [0.5, 0.6) is 5.88 Å². The van der Waals surface area contributed by atoms with Gasteiger partial charge in [-0.2, -0.15) is 15.5 Å². The summed E-state index contributed by atoms with van der Waals surface area (Å²) in [7, 11) is 1.62. The number of nitrogens with zero attached hydrogens (tertiary/aromatic N) is 10. The van der Waals surface area contributed by atoms with Crippen molar-refractivity contribution in [3.63, 3.8) is 0 Å². The van der Waals surface area contributed by atoms with Crippen molar-refractivity contribution >= 4 is 17.4 Å². The summed E-state index contributed by atoms with van der Waals surface area (Å²) in [5.74, 6) is 1.54. The molecule has 5 aromatic heterocycles. The van der Waals surface area contributed by atoms with Crippen molar-refractivity contribution in [3.05, 3.63) is 78.6 Å². The van der Waals surface area contributed by atoms with E-state index >= 15 is 0 Å². The fraction of sp³-hybridized carbons (Fsp3) is 0.333. The van der Waals surface area contributed by atoms with Crippen molar-refractivity contribution in [2.24, 2.45) is 0 Å². The van der Waals surface area contributed by atoms with Gasteiger partial charge in [-0.3, -0.25) is 9.58 Å². The smallest absolute Gasteiger partial charge is 0.407 e. The standard InChI is InChI=1S/C33H34N10O3/c1-46-31-5-2-23(16-36-31)20-39-10-12-40(13-11-39)30-4-3-24(17-35-30)29-14-25(21-43-32(29)26(15-34)18-38-43)27-19-37-42(22-27)28-6-8-41(9-7-28)33(44)45/h2-5,14,16-19,21-22,28H,6-13,20H2,1H3,(H,44,45). The number of pyridine rings is 3. The normalized spacial score (nSPS) is 16.1. The predicted octanol–water partition coefficient (Wildman–Crippen LogP) is 4.17. The average Bonchev–Trinajstić information content (AvgIpc) is 3.77. The van der Waals surface area contributed by atoms with Crippen LogP contribution >= 0.6 is 0 Å². The number of carboxylic acid groups (broad SMARTS) is 1. The molecule has 2 saturated heterocycles. The number of rotatable bonds is 7. The second-order valence-electron chi connectivity index (χ2n) is 11.7. The van der Waals surface area contributed by atoms with Gasteiger partial charge in [-0.1, -0.05) is 6.07 Å². The lowest BCUT2D eigenvalue weighted by molar-refractivity contribution is 0.124. The number of likely N-dealkylation sites (tertiary alicyclic amines) is 1. The summed E-state index contributed by atoms with van der Waals surface area (Å²) in [5.41, 5.74) is 5.99. The summed E-state index contributed by atoms with van der Waals surface area (Å²) >= 11 is 0. The topological polar surface area (TPSA) is 141 Å². The fourth-order valence-electron chi connectivity index (χ4n) is 6.34. The molecule has 2 aliphatic rings. The maximum absolute atomic E-state index is 11.3. The quantitative estimate of drug-likeness (QED) is 0.283. The molecule has 0 spiro atoms. The number of nitriles is 1. The van der Waals surface area contributed by atoms with Crippen LogP contribution in [0, 0.1) is 11.3 Å². The average molecular weight is 619 g/mol. The molecule has 1 amide bonds. The molecular formula is C33H34N10O3. The third kappa shape index (κ3) is 5.82. The van der Waals surface area contributed by atoms with Crippen molar-refractivity contribution in [1.29, 1.82) is 5.26 Å². The highest BCUT2D eigenvalue weighted by Crippen LogP contribution is 2.33. The number of piperazine rings is 1. The number of methoxy groups -OCH3 is 1. The number of hydrogen-bond acceptors (Lipinski definition) is 9. The molecular weight excluding hydrogens is 584 g/mol. The highest BCUT2D eigenvalue weighted by molar-refractivity contribution is 5.87. The highest BCUT2D eigenvalue weighted by Gasteiger charge is 2.25. The first kappa shape index (κ1) is 29.2. The first-order chi connectivity index (χ1) is 22.5. The van der Waals surface area contributed by atoms with E-state index in [0.29, 0.717) is 24.5 Å². The Balaban J connectivity index is 1.08. The molecule has 0 radical (unpaired) electrons. The molecule has 0 saturated carbocycles. The van der Waals surface area contributed by atoms with Crippen LogP contribution in [0.15, 0.2) is 67.5 Å². The van der Waals surface area contributed by atoms with E-state index in [1.807, 2.05) is 47.8 Å². The maximum Gasteiger partial charge on any atom is 0.407 e. The van der Waals surface area contributed by atoms with Gasteiger partial charge in [-0.25, -0.2) is 19.3 Å². The first-order valence-electron chi connectivity index (χ1n) is 15.4. The Kier molecular flexibility index (Phi) is 7.94. The monoisotopic (exact) mass is 618 g/mol. The molecule has 5 aromatic rings. The van der Waals surface area contributed by atoms with Gasteiger partial charge >= 0.3 is 6.09 Å². The van der Waals surface area contributed by atoms with E-state index in [1.165, 1.54) is 4.90 Å². The molecule has 46 heavy (non-hydrogen) atoms. The molecule has 2 fully saturated rings. The molecule has 234 valence electrons. The Bertz CT molecular complexity index is 1880. The number of anilines is 1. The predicted molar refractivity (Wildman–Crippen MR) is 171 cm³/mol. The van der Waals surface area contributed by atoms with E-state index < -0.39 is 6.09 Å². The minimum absolute atomic E-state index is 0.139. The van der Waals surface area contributed by atoms with E-state index in [-0.39, 0.29) is 6.04 Å². The van der Waals surface area contributed by atoms with Crippen molar-refractivity contribution in [2.45, 2.75) is 25.4 Å². The van der Waals surface area contributed by atoms with Crippen LogP contribution in [-0.4, -0.2) is 96.7 Å². The van der Waals surface area contributed by atoms with Gasteiger partial charge in [0.25, 0.3) is 0 Å². The largest absolute Gasteiger partial charge is 0.481 e. The molecule has 13 nitrogen and oxygen atoms in total.